The van der Waals surface area contributed by atoms with E-state index >= 15 is 0 Å². The van der Waals surface area contributed by atoms with Crippen LogP contribution < -0.4 is 4.49 Å². The first-order valence-corrected chi connectivity index (χ1v) is 7.12. The Morgan fingerprint density at radius 2 is 2.09 bits per heavy atom. The van der Waals surface area contributed by atoms with Gasteiger partial charge in [-0.1, -0.05) is 0 Å². The first kappa shape index (κ1) is 11.4. The van der Waals surface area contributed by atoms with Crippen molar-refractivity contribution in [3.8, 4) is 0 Å². The minimum absolute atomic E-state index is 0.0866. The molecular weight excluding hydrogens is 213 g/mol. The van der Waals surface area contributed by atoms with Gasteiger partial charge in [0.05, 0.1) is 12.9 Å². The monoisotopic (exact) mass is 221 g/mol. The third-order valence-corrected chi connectivity index (χ3v) is 4.27. The van der Waals surface area contributed by atoms with E-state index in [0.717, 1.165) is 6.26 Å². The molecule has 0 amide bonds. The molecule has 0 saturated heterocycles. The zero-order chi connectivity index (χ0) is 9.12. The molecule has 1 N–H and O–H groups in total. The van der Waals surface area contributed by atoms with Crippen LogP contribution in [0.4, 0.5) is 0 Å². The molecule has 0 fully saturated rings. The molecule has 0 aromatic carbocycles. The summed E-state index contributed by atoms with van der Waals surface area (Å²) in [5, 5.41) is 0. The van der Waals surface area contributed by atoms with Gasteiger partial charge in [0.15, 0.2) is 0 Å². The molecule has 0 spiro atoms. The lowest BCUT2D eigenvalue weighted by molar-refractivity contribution is 0.342. The predicted octanol–water partition coefficient (Wildman–Crippen LogP) is 0.919. The molecule has 1 atom stereocenters. The van der Waals surface area contributed by atoms with Crippen molar-refractivity contribution in [1.29, 1.82) is 0 Å². The molecule has 0 aromatic rings. The first-order chi connectivity index (χ1) is 4.77. The molecular formula is C3H9ClNO4PS. The molecule has 68 valence electrons. The van der Waals surface area contributed by atoms with E-state index in [-0.39, 0.29) is 6.61 Å². The van der Waals surface area contributed by atoms with E-state index in [1.54, 1.807) is 11.4 Å². The predicted molar refractivity (Wildman–Crippen MR) is 43.1 cm³/mol. The van der Waals surface area contributed by atoms with Crippen molar-refractivity contribution < 1.29 is 17.5 Å². The highest BCUT2D eigenvalue weighted by Crippen LogP contribution is 2.48. The average Bonchev–Trinajstić information content (AvgIpc) is 1.55. The van der Waals surface area contributed by atoms with E-state index in [0.29, 0.717) is 0 Å². The summed E-state index contributed by atoms with van der Waals surface area (Å²) in [6.45, 7) is -2.04. The molecule has 0 bridgehead atoms. The fraction of sp³-hybridized carbons (Fsp3) is 1.00. The van der Waals surface area contributed by atoms with E-state index < -0.39 is 16.9 Å². The van der Waals surface area contributed by atoms with Gasteiger partial charge in [0.2, 0.25) is 10.0 Å². The second-order valence-corrected chi connectivity index (χ2v) is 6.59. The maximum absolute atomic E-state index is 10.9. The minimum Gasteiger partial charge on any atom is -0.306 e. The fourth-order valence-corrected chi connectivity index (χ4v) is 3.94. The average molecular weight is 222 g/mol. The molecule has 11 heavy (non-hydrogen) atoms. The Bertz CT molecular complexity index is 263. The van der Waals surface area contributed by atoms with Gasteiger partial charge in [-0.05, 0) is 18.2 Å². The van der Waals surface area contributed by atoms with Crippen LogP contribution in [0.2, 0.25) is 0 Å². The number of halogens is 1. The normalized spacial score (nSPS) is 17.7. The molecule has 1 unspecified atom stereocenters. The molecule has 0 radical (unpaired) electrons. The number of hydrogen-bond acceptors (Lipinski definition) is 4. The lowest BCUT2D eigenvalue weighted by atomic mass is 10.9. The molecule has 8 heteroatoms. The molecule has 0 aliphatic rings. The van der Waals surface area contributed by atoms with E-state index in [4.69, 9.17) is 11.2 Å². The Morgan fingerprint density at radius 1 is 1.64 bits per heavy atom. The van der Waals surface area contributed by atoms with Gasteiger partial charge in [0.25, 0.3) is 0 Å². The first-order valence-electron chi connectivity index (χ1n) is 2.70. The van der Waals surface area contributed by atoms with Crippen LogP contribution in [0.25, 0.3) is 0 Å². The summed E-state index contributed by atoms with van der Waals surface area (Å²) in [6.07, 6.45) is 0.848. The highest BCUT2D eigenvalue weighted by Gasteiger charge is 2.23. The summed E-state index contributed by atoms with van der Waals surface area (Å²) in [5.74, 6) is 0. The van der Waals surface area contributed by atoms with Crippen LogP contribution in [0, 0.1) is 0 Å². The van der Waals surface area contributed by atoms with Crippen LogP contribution in [0.3, 0.4) is 0 Å². The summed E-state index contributed by atoms with van der Waals surface area (Å²) in [6, 6.07) is 0. The maximum atomic E-state index is 10.9. The fourth-order valence-electron chi connectivity index (χ4n) is 0.390. The summed E-state index contributed by atoms with van der Waals surface area (Å²) < 4.78 is 37.9. The molecule has 5 nitrogen and oxygen atoms in total. The summed E-state index contributed by atoms with van der Waals surface area (Å²) >= 11 is 5.16. The summed E-state index contributed by atoms with van der Waals surface area (Å²) in [5.41, 5.74) is 0. The summed E-state index contributed by atoms with van der Waals surface area (Å²) in [7, 11) is -3.57. The standard InChI is InChI=1S/C3H9ClNO4PS/c1-3-9-10(4,6)5-11(2,7)8/h3H2,1-2H3,(H,5,6). The number of sulfonamides is 1. The van der Waals surface area contributed by atoms with Crippen LogP contribution in [0.5, 0.6) is 0 Å². The third kappa shape index (κ3) is 6.77. The van der Waals surface area contributed by atoms with Crippen molar-refractivity contribution in [2.24, 2.45) is 0 Å². The lowest BCUT2D eigenvalue weighted by Crippen LogP contribution is -2.17. The van der Waals surface area contributed by atoms with Crippen molar-refractivity contribution in [2.45, 2.75) is 6.92 Å². The minimum atomic E-state index is -3.68. The van der Waals surface area contributed by atoms with Gasteiger partial charge in [0, 0.05) is 0 Å². The third-order valence-electron chi connectivity index (χ3n) is 0.570. The van der Waals surface area contributed by atoms with Crippen molar-refractivity contribution in [3.63, 3.8) is 0 Å². The lowest BCUT2D eigenvalue weighted by Gasteiger charge is -2.08. The molecule has 0 heterocycles. The zero-order valence-electron chi connectivity index (χ0n) is 6.07. The smallest absolute Gasteiger partial charge is 0.306 e. The van der Waals surface area contributed by atoms with Gasteiger partial charge >= 0.3 is 6.87 Å². The van der Waals surface area contributed by atoms with Crippen LogP contribution in [0.15, 0.2) is 0 Å². The molecule has 0 saturated carbocycles. The Kier molecular flexibility index (Phi) is 4.00. The number of hydrogen-bond donors (Lipinski definition) is 1. The van der Waals surface area contributed by atoms with E-state index in [2.05, 4.69) is 4.52 Å². The molecule has 0 aliphatic carbocycles. The number of nitrogens with one attached hydrogen (secondary N) is 1. The number of rotatable bonds is 4. The largest absolute Gasteiger partial charge is 0.373 e. The highest BCUT2D eigenvalue weighted by molar-refractivity contribution is 8.00. The topological polar surface area (TPSA) is 72.5 Å². The van der Waals surface area contributed by atoms with Gasteiger partial charge in [-0.2, -0.15) is 0 Å². The second kappa shape index (κ2) is 3.87. The quantitative estimate of drug-likeness (QED) is 0.717. The van der Waals surface area contributed by atoms with Crippen LogP contribution in [0.1, 0.15) is 6.92 Å². The van der Waals surface area contributed by atoms with Gasteiger partial charge < -0.3 is 4.52 Å². The van der Waals surface area contributed by atoms with Crippen molar-refractivity contribution in [3.05, 3.63) is 0 Å². The molecule has 0 aromatic heterocycles. The second-order valence-electron chi connectivity index (χ2n) is 1.76. The SMILES string of the molecule is CCOP(=O)(Cl)NS(C)(=O)=O. The van der Waals surface area contributed by atoms with Crippen molar-refractivity contribution >= 4 is 28.1 Å². The van der Waals surface area contributed by atoms with Crippen LogP contribution in [-0.4, -0.2) is 21.3 Å². The summed E-state index contributed by atoms with van der Waals surface area (Å²) in [4.78, 5) is 0. The molecule has 0 aliphatic heterocycles. The molecule has 0 rings (SSSR count). The zero-order valence-corrected chi connectivity index (χ0v) is 8.54. The maximum Gasteiger partial charge on any atom is 0.373 e. The highest BCUT2D eigenvalue weighted by atomic mass is 35.7. The Labute approximate surface area is 70.4 Å². The Morgan fingerprint density at radius 3 is 2.36 bits per heavy atom. The van der Waals surface area contributed by atoms with Gasteiger partial charge in [0.1, 0.15) is 0 Å². The van der Waals surface area contributed by atoms with Crippen LogP contribution in [-0.2, 0) is 19.1 Å². The van der Waals surface area contributed by atoms with Crippen LogP contribution >= 0.6 is 18.1 Å². The van der Waals surface area contributed by atoms with Gasteiger partial charge in [-0.3, -0.25) is 4.57 Å². The van der Waals surface area contributed by atoms with E-state index in [1.165, 1.54) is 0 Å². The van der Waals surface area contributed by atoms with E-state index in [1.807, 2.05) is 0 Å². The van der Waals surface area contributed by atoms with Gasteiger partial charge in [-0.15, -0.1) is 4.49 Å². The Balaban J connectivity index is 4.26. The Hall–Kier alpha value is 0.390. The van der Waals surface area contributed by atoms with Crippen molar-refractivity contribution in [1.82, 2.24) is 4.49 Å². The van der Waals surface area contributed by atoms with E-state index in [9.17, 15) is 13.0 Å². The van der Waals surface area contributed by atoms with Crippen molar-refractivity contribution in [2.75, 3.05) is 12.9 Å². The van der Waals surface area contributed by atoms with Gasteiger partial charge in [-0.25, -0.2) is 8.42 Å².